The summed E-state index contributed by atoms with van der Waals surface area (Å²) in [6, 6.07) is 6.46. The lowest BCUT2D eigenvalue weighted by Gasteiger charge is -2.07. The summed E-state index contributed by atoms with van der Waals surface area (Å²) in [6.07, 6.45) is 2.75. The van der Waals surface area contributed by atoms with Crippen molar-refractivity contribution in [2.24, 2.45) is 0 Å². The molecular formula is C14H16FN3. The molecule has 94 valence electrons. The zero-order valence-corrected chi connectivity index (χ0v) is 10.6. The highest BCUT2D eigenvalue weighted by molar-refractivity contribution is 5.61. The Morgan fingerprint density at radius 2 is 2.11 bits per heavy atom. The average molecular weight is 245 g/mol. The van der Waals surface area contributed by atoms with E-state index in [1.165, 1.54) is 12.1 Å². The molecule has 4 heteroatoms. The van der Waals surface area contributed by atoms with E-state index < -0.39 is 0 Å². The molecular weight excluding hydrogens is 229 g/mol. The van der Waals surface area contributed by atoms with Gasteiger partial charge in [0.15, 0.2) is 5.82 Å². The average Bonchev–Trinajstić information content (AvgIpc) is 2.36. The van der Waals surface area contributed by atoms with Crippen molar-refractivity contribution in [3.63, 3.8) is 0 Å². The van der Waals surface area contributed by atoms with Crippen LogP contribution in [-0.4, -0.2) is 16.5 Å². The van der Waals surface area contributed by atoms with E-state index in [1.54, 1.807) is 12.3 Å². The number of hydrogen-bond acceptors (Lipinski definition) is 3. The van der Waals surface area contributed by atoms with Crippen molar-refractivity contribution in [2.45, 2.75) is 20.3 Å². The summed E-state index contributed by atoms with van der Waals surface area (Å²) >= 11 is 0. The Morgan fingerprint density at radius 1 is 1.28 bits per heavy atom. The summed E-state index contributed by atoms with van der Waals surface area (Å²) in [5.74, 6) is 1.18. The monoisotopic (exact) mass is 245 g/mol. The molecule has 1 heterocycles. The summed E-state index contributed by atoms with van der Waals surface area (Å²) in [5, 5.41) is 3.21. The minimum absolute atomic E-state index is 0.239. The predicted octanol–water partition coefficient (Wildman–Crippen LogP) is 3.41. The van der Waals surface area contributed by atoms with Crippen LogP contribution in [0.25, 0.3) is 11.4 Å². The first kappa shape index (κ1) is 12.5. The highest BCUT2D eigenvalue weighted by atomic mass is 19.1. The van der Waals surface area contributed by atoms with E-state index in [2.05, 4.69) is 22.2 Å². The van der Waals surface area contributed by atoms with Gasteiger partial charge >= 0.3 is 0 Å². The van der Waals surface area contributed by atoms with Gasteiger partial charge in [0.05, 0.1) is 0 Å². The van der Waals surface area contributed by atoms with Crippen molar-refractivity contribution in [1.29, 1.82) is 0 Å². The fraction of sp³-hybridized carbons (Fsp3) is 0.286. The van der Waals surface area contributed by atoms with Gasteiger partial charge in [-0.1, -0.05) is 6.92 Å². The number of nitrogens with zero attached hydrogens (tertiary/aromatic N) is 2. The molecule has 0 aliphatic rings. The Morgan fingerprint density at radius 3 is 2.83 bits per heavy atom. The fourth-order valence-corrected chi connectivity index (χ4v) is 1.72. The van der Waals surface area contributed by atoms with Gasteiger partial charge < -0.3 is 5.32 Å². The largest absolute Gasteiger partial charge is 0.370 e. The number of anilines is 1. The van der Waals surface area contributed by atoms with Crippen LogP contribution in [0.2, 0.25) is 0 Å². The SMILES string of the molecule is CCCNc1ccnc(-c2ccc(F)cc2C)n1. The number of hydrogen-bond donors (Lipinski definition) is 1. The molecule has 0 aliphatic heterocycles. The third-order valence-corrected chi connectivity index (χ3v) is 2.64. The van der Waals surface area contributed by atoms with Crippen molar-refractivity contribution < 1.29 is 4.39 Å². The van der Waals surface area contributed by atoms with Crippen LogP contribution in [0, 0.1) is 12.7 Å². The predicted molar refractivity (Wildman–Crippen MR) is 70.9 cm³/mol. The second kappa shape index (κ2) is 5.58. The maximum Gasteiger partial charge on any atom is 0.161 e. The topological polar surface area (TPSA) is 37.8 Å². The van der Waals surface area contributed by atoms with Crippen molar-refractivity contribution in [3.05, 3.63) is 41.8 Å². The number of nitrogens with one attached hydrogen (secondary N) is 1. The van der Waals surface area contributed by atoms with Gasteiger partial charge in [0, 0.05) is 18.3 Å². The van der Waals surface area contributed by atoms with Gasteiger partial charge in [0.2, 0.25) is 0 Å². The van der Waals surface area contributed by atoms with Gasteiger partial charge in [-0.15, -0.1) is 0 Å². The molecule has 18 heavy (non-hydrogen) atoms. The van der Waals surface area contributed by atoms with Gasteiger partial charge in [-0.05, 0) is 43.2 Å². The molecule has 0 unspecified atom stereocenters. The maximum absolute atomic E-state index is 13.1. The molecule has 0 saturated heterocycles. The highest BCUT2D eigenvalue weighted by Crippen LogP contribution is 2.21. The van der Waals surface area contributed by atoms with Gasteiger partial charge in [0.25, 0.3) is 0 Å². The summed E-state index contributed by atoms with van der Waals surface area (Å²) in [5.41, 5.74) is 1.69. The number of halogens is 1. The van der Waals surface area contributed by atoms with E-state index in [0.717, 1.165) is 29.9 Å². The molecule has 0 spiro atoms. The Balaban J connectivity index is 2.32. The lowest BCUT2D eigenvalue weighted by atomic mass is 10.1. The molecule has 2 aromatic rings. The zero-order valence-electron chi connectivity index (χ0n) is 10.6. The van der Waals surface area contributed by atoms with E-state index >= 15 is 0 Å². The van der Waals surface area contributed by atoms with Crippen LogP contribution in [0.3, 0.4) is 0 Å². The molecule has 2 rings (SSSR count). The van der Waals surface area contributed by atoms with Gasteiger partial charge in [-0.3, -0.25) is 0 Å². The van der Waals surface area contributed by atoms with Crippen molar-refractivity contribution in [1.82, 2.24) is 9.97 Å². The number of benzene rings is 1. The summed E-state index contributed by atoms with van der Waals surface area (Å²) < 4.78 is 13.1. The van der Waals surface area contributed by atoms with E-state index in [9.17, 15) is 4.39 Å². The summed E-state index contributed by atoms with van der Waals surface area (Å²) in [6.45, 7) is 4.83. The number of rotatable bonds is 4. The van der Waals surface area contributed by atoms with Crippen molar-refractivity contribution in [3.8, 4) is 11.4 Å². The minimum atomic E-state index is -0.239. The third kappa shape index (κ3) is 2.83. The number of aryl methyl sites for hydroxylation is 1. The van der Waals surface area contributed by atoms with E-state index in [4.69, 9.17) is 0 Å². The lowest BCUT2D eigenvalue weighted by Crippen LogP contribution is -2.03. The Hall–Kier alpha value is -1.97. The first-order chi connectivity index (χ1) is 8.70. The summed E-state index contributed by atoms with van der Waals surface area (Å²) in [7, 11) is 0. The third-order valence-electron chi connectivity index (χ3n) is 2.64. The lowest BCUT2D eigenvalue weighted by molar-refractivity contribution is 0.627. The maximum atomic E-state index is 13.1. The Labute approximate surface area is 106 Å². The molecule has 1 aromatic carbocycles. The Kier molecular flexibility index (Phi) is 3.87. The molecule has 0 fully saturated rings. The Bertz CT molecular complexity index is 540. The molecule has 0 saturated carbocycles. The molecule has 0 atom stereocenters. The number of aromatic nitrogens is 2. The van der Waals surface area contributed by atoms with Crippen LogP contribution in [-0.2, 0) is 0 Å². The van der Waals surface area contributed by atoms with Gasteiger partial charge in [0.1, 0.15) is 11.6 Å². The molecule has 3 nitrogen and oxygen atoms in total. The quantitative estimate of drug-likeness (QED) is 0.897. The molecule has 1 N–H and O–H groups in total. The smallest absolute Gasteiger partial charge is 0.161 e. The van der Waals surface area contributed by atoms with Gasteiger partial charge in [-0.2, -0.15) is 0 Å². The zero-order chi connectivity index (χ0) is 13.0. The normalized spacial score (nSPS) is 10.4. The highest BCUT2D eigenvalue weighted by Gasteiger charge is 2.06. The van der Waals surface area contributed by atoms with Crippen molar-refractivity contribution in [2.75, 3.05) is 11.9 Å². The molecule has 0 radical (unpaired) electrons. The van der Waals surface area contributed by atoms with Crippen molar-refractivity contribution >= 4 is 5.82 Å². The van der Waals surface area contributed by atoms with E-state index in [0.29, 0.717) is 5.82 Å². The van der Waals surface area contributed by atoms with Gasteiger partial charge in [-0.25, -0.2) is 14.4 Å². The van der Waals surface area contributed by atoms with Crippen LogP contribution < -0.4 is 5.32 Å². The molecule has 0 bridgehead atoms. The summed E-state index contributed by atoms with van der Waals surface area (Å²) in [4.78, 5) is 8.66. The molecule has 0 amide bonds. The standard InChI is InChI=1S/C14H16FN3/c1-3-7-16-13-6-8-17-14(18-13)12-5-4-11(15)9-10(12)2/h4-6,8-9H,3,7H2,1-2H3,(H,16,17,18). The first-order valence-electron chi connectivity index (χ1n) is 6.04. The van der Waals surface area contributed by atoms with E-state index in [-0.39, 0.29) is 5.82 Å². The minimum Gasteiger partial charge on any atom is -0.370 e. The van der Waals surface area contributed by atoms with Crippen LogP contribution in [0.15, 0.2) is 30.5 Å². The van der Waals surface area contributed by atoms with Crippen LogP contribution >= 0.6 is 0 Å². The molecule has 1 aromatic heterocycles. The first-order valence-corrected chi connectivity index (χ1v) is 6.04. The second-order valence-corrected chi connectivity index (χ2v) is 4.15. The van der Waals surface area contributed by atoms with Crippen LogP contribution in [0.1, 0.15) is 18.9 Å². The van der Waals surface area contributed by atoms with Crippen LogP contribution in [0.5, 0.6) is 0 Å². The van der Waals surface area contributed by atoms with Crippen LogP contribution in [0.4, 0.5) is 10.2 Å². The fourth-order valence-electron chi connectivity index (χ4n) is 1.72. The second-order valence-electron chi connectivity index (χ2n) is 4.15. The van der Waals surface area contributed by atoms with E-state index in [1.807, 2.05) is 13.0 Å². The molecule has 0 aliphatic carbocycles.